The van der Waals surface area contributed by atoms with Crippen molar-refractivity contribution in [3.63, 3.8) is 0 Å². The monoisotopic (exact) mass is 276 g/mol. The van der Waals surface area contributed by atoms with E-state index in [1.54, 1.807) is 4.90 Å². The summed E-state index contributed by atoms with van der Waals surface area (Å²) in [5.74, 6) is -0.180. The molecule has 0 spiro atoms. The van der Waals surface area contributed by atoms with Gasteiger partial charge >= 0.3 is 0 Å². The molecular weight excluding hydrogens is 264 g/mol. The van der Waals surface area contributed by atoms with Crippen LogP contribution in [0.15, 0.2) is 10.5 Å². The Kier molecular flexibility index (Phi) is 3.45. The fourth-order valence-electron chi connectivity index (χ4n) is 1.45. The molecule has 2 heterocycles. The van der Waals surface area contributed by atoms with Crippen molar-refractivity contribution in [2.24, 2.45) is 0 Å². The van der Waals surface area contributed by atoms with Gasteiger partial charge in [-0.1, -0.05) is 11.3 Å². The van der Waals surface area contributed by atoms with E-state index < -0.39 is 9.84 Å². The first-order valence-electron chi connectivity index (χ1n) is 5.01. The van der Waals surface area contributed by atoms with Gasteiger partial charge in [0.1, 0.15) is 4.88 Å². The molecule has 1 aliphatic heterocycles. The van der Waals surface area contributed by atoms with Crippen molar-refractivity contribution in [3.8, 4) is 0 Å². The van der Waals surface area contributed by atoms with Crippen LogP contribution in [0, 0.1) is 0 Å². The van der Waals surface area contributed by atoms with Gasteiger partial charge in [-0.15, -0.1) is 0 Å². The second kappa shape index (κ2) is 4.71. The minimum Gasteiger partial charge on any atom is -0.378 e. The maximum absolute atomic E-state index is 12.0. The van der Waals surface area contributed by atoms with E-state index in [0.717, 1.165) is 17.6 Å². The number of morpholine rings is 1. The fourth-order valence-corrected chi connectivity index (χ4v) is 3.19. The number of hydrogen-bond donors (Lipinski definition) is 0. The highest BCUT2D eigenvalue weighted by molar-refractivity contribution is 7.92. The minimum absolute atomic E-state index is 0.0193. The van der Waals surface area contributed by atoms with Gasteiger partial charge in [0, 0.05) is 19.3 Å². The highest BCUT2D eigenvalue weighted by Gasteiger charge is 2.22. The first kappa shape index (κ1) is 12.5. The van der Waals surface area contributed by atoms with Crippen LogP contribution in [0.3, 0.4) is 0 Å². The largest absolute Gasteiger partial charge is 0.378 e. The number of hydrogen-bond acceptors (Lipinski definition) is 6. The molecule has 0 N–H and O–H groups in total. The van der Waals surface area contributed by atoms with E-state index in [2.05, 4.69) is 4.98 Å². The summed E-state index contributed by atoms with van der Waals surface area (Å²) in [5.41, 5.74) is 0. The lowest BCUT2D eigenvalue weighted by atomic mass is 10.4. The summed E-state index contributed by atoms with van der Waals surface area (Å²) < 4.78 is 27.6. The fraction of sp³-hybridized carbons (Fsp3) is 0.556. The lowest BCUT2D eigenvalue weighted by Crippen LogP contribution is -2.40. The Morgan fingerprint density at radius 2 is 2.12 bits per heavy atom. The molecule has 1 aliphatic rings. The highest BCUT2D eigenvalue weighted by Crippen LogP contribution is 2.19. The second-order valence-corrected chi connectivity index (χ2v) is 6.89. The molecule has 0 atom stereocenters. The Balaban J connectivity index is 2.17. The van der Waals surface area contributed by atoms with Crippen molar-refractivity contribution in [1.82, 2.24) is 9.88 Å². The molecule has 0 aliphatic carbocycles. The number of rotatable bonds is 2. The number of aromatic nitrogens is 1. The van der Waals surface area contributed by atoms with E-state index >= 15 is 0 Å². The van der Waals surface area contributed by atoms with Crippen molar-refractivity contribution < 1.29 is 17.9 Å². The lowest BCUT2D eigenvalue weighted by molar-refractivity contribution is 0.0306. The first-order valence-corrected chi connectivity index (χ1v) is 7.72. The molecule has 0 radical (unpaired) electrons. The van der Waals surface area contributed by atoms with Gasteiger partial charge in [0.2, 0.25) is 14.2 Å². The number of carbonyl (C=O) groups is 1. The minimum atomic E-state index is -3.33. The second-order valence-electron chi connectivity index (χ2n) is 3.67. The van der Waals surface area contributed by atoms with Crippen LogP contribution in [-0.4, -0.2) is 56.8 Å². The van der Waals surface area contributed by atoms with Crippen LogP contribution < -0.4 is 0 Å². The standard InChI is InChI=1S/C9H12N2O4S2/c1-17(13,14)9-10-6-7(16-9)8(12)11-2-4-15-5-3-11/h6H,2-5H2,1H3. The number of ether oxygens (including phenoxy) is 1. The Bertz CT molecular complexity index is 517. The summed E-state index contributed by atoms with van der Waals surface area (Å²) >= 11 is 0.910. The summed E-state index contributed by atoms with van der Waals surface area (Å²) in [6.45, 7) is 2.10. The summed E-state index contributed by atoms with van der Waals surface area (Å²) in [7, 11) is -3.33. The first-order chi connectivity index (χ1) is 7.98. The summed E-state index contributed by atoms with van der Waals surface area (Å²) in [4.78, 5) is 17.7. The smallest absolute Gasteiger partial charge is 0.265 e. The number of thiazole rings is 1. The van der Waals surface area contributed by atoms with Crippen molar-refractivity contribution in [2.75, 3.05) is 32.6 Å². The Hall–Kier alpha value is -0.990. The zero-order chi connectivity index (χ0) is 12.5. The molecule has 6 nitrogen and oxygen atoms in total. The molecule has 94 valence electrons. The van der Waals surface area contributed by atoms with Gasteiger partial charge in [0.05, 0.1) is 19.4 Å². The molecule has 1 amide bonds. The van der Waals surface area contributed by atoms with E-state index in [4.69, 9.17) is 4.74 Å². The molecule has 0 aromatic carbocycles. The molecule has 2 rings (SSSR count). The Morgan fingerprint density at radius 3 is 2.65 bits per heavy atom. The molecular formula is C9H12N2O4S2. The Morgan fingerprint density at radius 1 is 1.47 bits per heavy atom. The van der Waals surface area contributed by atoms with E-state index in [0.29, 0.717) is 31.2 Å². The van der Waals surface area contributed by atoms with Crippen LogP contribution in [-0.2, 0) is 14.6 Å². The third-order valence-corrected chi connectivity index (χ3v) is 4.99. The van der Waals surface area contributed by atoms with Crippen molar-refractivity contribution in [3.05, 3.63) is 11.1 Å². The van der Waals surface area contributed by atoms with Crippen LogP contribution in [0.1, 0.15) is 9.67 Å². The number of carbonyl (C=O) groups excluding carboxylic acids is 1. The van der Waals surface area contributed by atoms with E-state index in [1.165, 1.54) is 6.20 Å². The third kappa shape index (κ3) is 2.82. The zero-order valence-electron chi connectivity index (χ0n) is 9.25. The Labute approximate surface area is 103 Å². The molecule has 0 bridgehead atoms. The van der Waals surface area contributed by atoms with Gasteiger partial charge < -0.3 is 9.64 Å². The van der Waals surface area contributed by atoms with Crippen LogP contribution in [0.2, 0.25) is 0 Å². The quantitative estimate of drug-likeness (QED) is 0.761. The van der Waals surface area contributed by atoms with Crippen LogP contribution in [0.4, 0.5) is 0 Å². The topological polar surface area (TPSA) is 76.6 Å². The molecule has 1 aromatic heterocycles. The van der Waals surface area contributed by atoms with E-state index in [9.17, 15) is 13.2 Å². The van der Waals surface area contributed by atoms with Crippen molar-refractivity contribution in [2.45, 2.75) is 4.34 Å². The van der Waals surface area contributed by atoms with Gasteiger partial charge in [-0.2, -0.15) is 0 Å². The van der Waals surface area contributed by atoms with Gasteiger partial charge in [-0.3, -0.25) is 4.79 Å². The van der Waals surface area contributed by atoms with Crippen LogP contribution >= 0.6 is 11.3 Å². The average molecular weight is 276 g/mol. The lowest BCUT2D eigenvalue weighted by Gasteiger charge is -2.26. The van der Waals surface area contributed by atoms with Gasteiger partial charge in [0.15, 0.2) is 0 Å². The number of nitrogens with zero attached hydrogens (tertiary/aromatic N) is 2. The van der Waals surface area contributed by atoms with Crippen molar-refractivity contribution >= 4 is 27.1 Å². The van der Waals surface area contributed by atoms with E-state index in [-0.39, 0.29) is 10.2 Å². The average Bonchev–Trinajstić information content (AvgIpc) is 2.78. The molecule has 1 aromatic rings. The van der Waals surface area contributed by atoms with Gasteiger partial charge in [-0.25, -0.2) is 13.4 Å². The van der Waals surface area contributed by atoms with Gasteiger partial charge in [0.25, 0.3) is 5.91 Å². The molecule has 1 fully saturated rings. The maximum atomic E-state index is 12.0. The van der Waals surface area contributed by atoms with Gasteiger partial charge in [-0.05, 0) is 0 Å². The summed E-state index contributed by atoms with van der Waals surface area (Å²) in [5, 5.41) is 0. The maximum Gasteiger partial charge on any atom is 0.265 e. The number of sulfone groups is 1. The van der Waals surface area contributed by atoms with Crippen molar-refractivity contribution in [1.29, 1.82) is 0 Å². The normalized spacial score (nSPS) is 17.1. The number of amides is 1. The van der Waals surface area contributed by atoms with E-state index in [1.807, 2.05) is 0 Å². The summed E-state index contributed by atoms with van der Waals surface area (Å²) in [6.07, 6.45) is 2.40. The van der Waals surface area contributed by atoms with Crippen LogP contribution in [0.25, 0.3) is 0 Å². The molecule has 0 unspecified atom stereocenters. The third-order valence-electron chi connectivity index (χ3n) is 2.31. The zero-order valence-corrected chi connectivity index (χ0v) is 10.9. The van der Waals surface area contributed by atoms with Crippen LogP contribution in [0.5, 0.6) is 0 Å². The molecule has 1 saturated heterocycles. The SMILES string of the molecule is CS(=O)(=O)c1ncc(C(=O)N2CCOCC2)s1. The molecule has 0 saturated carbocycles. The predicted octanol–water partition coefficient (Wildman–Crippen LogP) is 0.0190. The molecule has 8 heteroatoms. The predicted molar refractivity (Wildman–Crippen MR) is 61.9 cm³/mol. The highest BCUT2D eigenvalue weighted by atomic mass is 32.2. The molecule has 17 heavy (non-hydrogen) atoms. The summed E-state index contributed by atoms with van der Waals surface area (Å²) in [6, 6.07) is 0.